The van der Waals surface area contributed by atoms with E-state index in [0.717, 1.165) is 43.7 Å². The molecule has 2 aliphatic heterocycles. The number of hydrogen-bond acceptors (Lipinski definition) is 3. The second-order valence-corrected chi connectivity index (χ2v) is 7.44. The van der Waals surface area contributed by atoms with Gasteiger partial charge in [0.1, 0.15) is 5.75 Å². The standard InChI is InChI=1S/C20H26N2O2/c1-14(23)22-11-8-15-12-16-13-17(24-2)6-7-18(16)21-19(15)20(22)9-4-3-5-10-20/h6-7,13,15H,3-5,8-12H2,1-2H3. The van der Waals surface area contributed by atoms with E-state index in [9.17, 15) is 4.79 Å². The van der Waals surface area contributed by atoms with E-state index in [2.05, 4.69) is 17.0 Å². The van der Waals surface area contributed by atoms with Crippen molar-refractivity contribution in [3.63, 3.8) is 0 Å². The molecule has 0 bridgehead atoms. The van der Waals surface area contributed by atoms with Crippen molar-refractivity contribution in [2.24, 2.45) is 10.9 Å². The summed E-state index contributed by atoms with van der Waals surface area (Å²) in [5.41, 5.74) is 3.51. The minimum atomic E-state index is -0.120. The molecule has 0 aromatic heterocycles. The lowest BCUT2D eigenvalue weighted by atomic mass is 9.67. The molecule has 0 radical (unpaired) electrons. The Morgan fingerprint density at radius 3 is 2.79 bits per heavy atom. The zero-order valence-electron chi connectivity index (χ0n) is 14.7. The molecule has 1 atom stereocenters. The predicted octanol–water partition coefficient (Wildman–Crippen LogP) is 3.90. The van der Waals surface area contributed by atoms with Crippen LogP contribution in [0.2, 0.25) is 0 Å². The fraction of sp³-hybridized carbons (Fsp3) is 0.600. The van der Waals surface area contributed by atoms with Crippen LogP contribution >= 0.6 is 0 Å². The molecule has 1 spiro atoms. The van der Waals surface area contributed by atoms with Crippen LogP contribution in [0.4, 0.5) is 5.69 Å². The molecule has 4 rings (SSSR count). The molecule has 2 heterocycles. The normalized spacial score (nSPS) is 24.8. The summed E-state index contributed by atoms with van der Waals surface area (Å²) in [6.45, 7) is 2.59. The summed E-state index contributed by atoms with van der Waals surface area (Å²) in [7, 11) is 1.71. The molecule has 1 aromatic rings. The average molecular weight is 326 g/mol. The second kappa shape index (κ2) is 5.91. The molecule has 1 aromatic carbocycles. The topological polar surface area (TPSA) is 41.9 Å². The molecule has 0 N–H and O–H groups in total. The molecule has 3 aliphatic rings. The summed E-state index contributed by atoms with van der Waals surface area (Å²) in [6.07, 6.45) is 7.88. The van der Waals surface area contributed by atoms with Crippen LogP contribution in [0.5, 0.6) is 5.75 Å². The van der Waals surface area contributed by atoms with Crippen molar-refractivity contribution in [2.75, 3.05) is 13.7 Å². The number of ether oxygens (including phenoxy) is 1. The molecule has 1 saturated carbocycles. The van der Waals surface area contributed by atoms with Crippen LogP contribution < -0.4 is 4.74 Å². The molecule has 1 aliphatic carbocycles. The van der Waals surface area contributed by atoms with Gasteiger partial charge < -0.3 is 9.64 Å². The summed E-state index contributed by atoms with van der Waals surface area (Å²) in [6, 6.07) is 6.18. The van der Waals surface area contributed by atoms with E-state index in [4.69, 9.17) is 9.73 Å². The van der Waals surface area contributed by atoms with Gasteiger partial charge in [-0.3, -0.25) is 9.79 Å². The SMILES string of the molecule is COc1ccc2c(c1)CC1CCN(C(C)=O)C3(CCCCC3)C1=N2. The quantitative estimate of drug-likeness (QED) is 0.785. The average Bonchev–Trinajstić information content (AvgIpc) is 2.60. The van der Waals surface area contributed by atoms with Crippen molar-refractivity contribution in [3.8, 4) is 5.75 Å². The molecule has 128 valence electrons. The van der Waals surface area contributed by atoms with E-state index in [1.54, 1.807) is 14.0 Å². The highest BCUT2D eigenvalue weighted by molar-refractivity contribution is 6.02. The minimum Gasteiger partial charge on any atom is -0.497 e. The van der Waals surface area contributed by atoms with Gasteiger partial charge >= 0.3 is 0 Å². The van der Waals surface area contributed by atoms with E-state index >= 15 is 0 Å². The Morgan fingerprint density at radius 1 is 1.29 bits per heavy atom. The lowest BCUT2D eigenvalue weighted by molar-refractivity contribution is -0.135. The van der Waals surface area contributed by atoms with Gasteiger partial charge in [0.15, 0.2) is 0 Å². The van der Waals surface area contributed by atoms with Crippen molar-refractivity contribution in [2.45, 2.75) is 57.4 Å². The molecule has 1 saturated heterocycles. The highest BCUT2D eigenvalue weighted by Crippen LogP contribution is 2.45. The number of aliphatic imine (C=N–C) groups is 1. The largest absolute Gasteiger partial charge is 0.497 e. The van der Waals surface area contributed by atoms with E-state index in [1.807, 2.05) is 6.07 Å². The summed E-state index contributed by atoms with van der Waals surface area (Å²) in [4.78, 5) is 19.6. The number of methoxy groups -OCH3 is 1. The molecule has 4 heteroatoms. The second-order valence-electron chi connectivity index (χ2n) is 7.44. The molecule has 4 nitrogen and oxygen atoms in total. The smallest absolute Gasteiger partial charge is 0.220 e. The Hall–Kier alpha value is -1.84. The Labute approximate surface area is 143 Å². The highest BCUT2D eigenvalue weighted by Gasteiger charge is 2.50. The fourth-order valence-corrected chi connectivity index (χ4v) is 5.03. The number of nitrogens with zero attached hydrogens (tertiary/aromatic N) is 2. The zero-order chi connectivity index (χ0) is 16.7. The van der Waals surface area contributed by atoms with Crippen LogP contribution in [0.25, 0.3) is 0 Å². The third-order valence-corrected chi connectivity index (χ3v) is 6.14. The predicted molar refractivity (Wildman–Crippen MR) is 95.1 cm³/mol. The summed E-state index contributed by atoms with van der Waals surface area (Å²) >= 11 is 0. The lowest BCUT2D eigenvalue weighted by Crippen LogP contribution is -2.63. The first-order valence-electron chi connectivity index (χ1n) is 9.18. The van der Waals surface area contributed by atoms with E-state index in [0.29, 0.717) is 5.92 Å². The summed E-state index contributed by atoms with van der Waals surface area (Å²) in [5, 5.41) is 0. The number of fused-ring (bicyclic) bond motifs is 3. The number of hydrogen-bond donors (Lipinski definition) is 0. The Balaban J connectivity index is 1.80. The third-order valence-electron chi connectivity index (χ3n) is 6.14. The Kier molecular flexibility index (Phi) is 3.86. The van der Waals surface area contributed by atoms with Gasteiger partial charge in [-0.05, 0) is 49.4 Å². The monoisotopic (exact) mass is 326 g/mol. The number of carbonyl (C=O) groups is 1. The van der Waals surface area contributed by atoms with Crippen molar-refractivity contribution >= 4 is 17.3 Å². The van der Waals surface area contributed by atoms with Crippen molar-refractivity contribution in [1.82, 2.24) is 4.90 Å². The third kappa shape index (κ3) is 2.35. The Bertz CT molecular complexity index is 689. The first-order chi connectivity index (χ1) is 11.6. The van der Waals surface area contributed by atoms with Crippen LogP contribution in [0.15, 0.2) is 23.2 Å². The van der Waals surface area contributed by atoms with E-state index in [-0.39, 0.29) is 11.4 Å². The van der Waals surface area contributed by atoms with Gasteiger partial charge in [-0.2, -0.15) is 0 Å². The number of rotatable bonds is 1. The van der Waals surface area contributed by atoms with Crippen LogP contribution in [0.1, 0.15) is 51.0 Å². The van der Waals surface area contributed by atoms with Crippen molar-refractivity contribution in [1.29, 1.82) is 0 Å². The van der Waals surface area contributed by atoms with Crippen molar-refractivity contribution in [3.05, 3.63) is 23.8 Å². The molecule has 1 unspecified atom stereocenters. The first kappa shape index (κ1) is 15.7. The van der Waals surface area contributed by atoms with Crippen LogP contribution in [-0.4, -0.2) is 35.7 Å². The maximum atomic E-state index is 12.3. The molecule has 24 heavy (non-hydrogen) atoms. The highest BCUT2D eigenvalue weighted by atomic mass is 16.5. The number of benzene rings is 1. The van der Waals surface area contributed by atoms with E-state index < -0.39 is 0 Å². The van der Waals surface area contributed by atoms with Crippen molar-refractivity contribution < 1.29 is 9.53 Å². The van der Waals surface area contributed by atoms with Gasteiger partial charge in [-0.25, -0.2) is 0 Å². The van der Waals surface area contributed by atoms with Gasteiger partial charge in [0, 0.05) is 25.1 Å². The first-order valence-corrected chi connectivity index (χ1v) is 9.18. The van der Waals surface area contributed by atoms with E-state index in [1.165, 1.54) is 30.5 Å². The Morgan fingerprint density at radius 2 is 2.08 bits per heavy atom. The summed E-state index contributed by atoms with van der Waals surface area (Å²) < 4.78 is 5.37. The maximum absolute atomic E-state index is 12.3. The van der Waals surface area contributed by atoms with Gasteiger partial charge in [0.25, 0.3) is 0 Å². The van der Waals surface area contributed by atoms with Crippen LogP contribution in [0, 0.1) is 5.92 Å². The van der Waals surface area contributed by atoms with Crippen LogP contribution in [0.3, 0.4) is 0 Å². The molecular formula is C20H26N2O2. The molecular weight excluding hydrogens is 300 g/mol. The number of likely N-dealkylation sites (tertiary alicyclic amines) is 1. The van der Waals surface area contributed by atoms with Gasteiger partial charge in [-0.1, -0.05) is 19.3 Å². The van der Waals surface area contributed by atoms with Gasteiger partial charge in [-0.15, -0.1) is 0 Å². The fourth-order valence-electron chi connectivity index (χ4n) is 5.03. The number of amides is 1. The van der Waals surface area contributed by atoms with Gasteiger partial charge in [0.05, 0.1) is 18.3 Å². The number of piperidine rings is 1. The maximum Gasteiger partial charge on any atom is 0.220 e. The lowest BCUT2D eigenvalue weighted by Gasteiger charge is -2.53. The number of carbonyl (C=O) groups excluding carboxylic acids is 1. The molecule has 2 fully saturated rings. The van der Waals surface area contributed by atoms with Gasteiger partial charge in [0.2, 0.25) is 5.91 Å². The minimum absolute atomic E-state index is 0.120. The summed E-state index contributed by atoms with van der Waals surface area (Å²) in [5.74, 6) is 1.58. The molecule has 1 amide bonds. The van der Waals surface area contributed by atoms with Crippen LogP contribution in [-0.2, 0) is 11.2 Å². The zero-order valence-corrected chi connectivity index (χ0v) is 14.7.